The minimum atomic E-state index is -5.06. The van der Waals surface area contributed by atoms with Crippen molar-refractivity contribution in [3.8, 4) is 0 Å². The number of carbonyl (C=O) groups excluding carboxylic acids is 2. The number of piperidine rings is 2. The van der Waals surface area contributed by atoms with E-state index in [9.17, 15) is 49.5 Å². The molecule has 1 saturated carbocycles. The smallest absolute Gasteiger partial charge is 0.388 e. The van der Waals surface area contributed by atoms with E-state index in [4.69, 9.17) is 0 Å². The third kappa shape index (κ3) is 10.3. The lowest BCUT2D eigenvalue weighted by molar-refractivity contribution is -0.138. The number of hydrogen-bond acceptors (Lipinski definition) is 11. The normalized spacial score (nSPS) is 25.0. The zero-order valence-electron chi connectivity index (χ0n) is 32.9. The largest absolute Gasteiger partial charge is 0.421 e. The molecule has 1 aromatic heterocycles. The molecular weight excluding hydrogens is 819 g/mol. The Kier molecular flexibility index (Phi) is 12.4. The summed E-state index contributed by atoms with van der Waals surface area (Å²) in [7, 11) is -4.39. The van der Waals surface area contributed by atoms with Crippen molar-refractivity contribution >= 4 is 45.0 Å². The molecule has 2 atom stereocenters. The second-order valence-electron chi connectivity index (χ2n) is 16.5. The van der Waals surface area contributed by atoms with Gasteiger partial charge in [-0.1, -0.05) is 12.1 Å². The van der Waals surface area contributed by atoms with Crippen LogP contribution in [0.1, 0.15) is 80.9 Å². The Balaban J connectivity index is 0.931. The number of anilines is 4. The summed E-state index contributed by atoms with van der Waals surface area (Å²) >= 11 is 0. The lowest BCUT2D eigenvalue weighted by Crippen LogP contribution is -2.48. The molecule has 0 radical (unpaired) electrons. The molecule has 4 heterocycles. The molecule has 3 saturated heterocycles. The Morgan fingerprint density at radius 2 is 1.57 bits per heavy atom. The van der Waals surface area contributed by atoms with Crippen LogP contribution in [0, 0.1) is 5.92 Å². The number of halogens is 6. The van der Waals surface area contributed by atoms with Crippen molar-refractivity contribution in [1.29, 1.82) is 0 Å². The average molecular weight is 867 g/mol. The number of β-amino-alcohol motifs (C(OH)–C–C–N with tert-alkyl or cyclic N) is 1. The number of rotatable bonds is 10. The van der Waals surface area contributed by atoms with E-state index in [0.29, 0.717) is 56.7 Å². The number of imide groups is 1. The van der Waals surface area contributed by atoms with Gasteiger partial charge in [-0.25, -0.2) is 18.1 Å². The maximum atomic E-state index is 14.4. The Morgan fingerprint density at radius 1 is 0.883 bits per heavy atom. The molecule has 4 aliphatic rings. The fourth-order valence-corrected chi connectivity index (χ4v) is 9.99. The van der Waals surface area contributed by atoms with Gasteiger partial charge in [-0.05, 0) is 93.7 Å². The van der Waals surface area contributed by atoms with E-state index >= 15 is 0 Å². The first-order valence-corrected chi connectivity index (χ1v) is 21.6. The van der Waals surface area contributed by atoms with E-state index in [2.05, 4.69) is 35.1 Å². The van der Waals surface area contributed by atoms with Crippen LogP contribution in [0.15, 0.2) is 53.6 Å². The molecule has 3 aliphatic heterocycles. The molecule has 7 rings (SSSR count). The van der Waals surface area contributed by atoms with Gasteiger partial charge in [-0.2, -0.15) is 31.3 Å². The molecule has 20 heteroatoms. The van der Waals surface area contributed by atoms with Crippen molar-refractivity contribution in [1.82, 2.24) is 24.9 Å². The maximum Gasteiger partial charge on any atom is 0.421 e. The van der Waals surface area contributed by atoms with Crippen LogP contribution in [0.3, 0.4) is 0 Å². The van der Waals surface area contributed by atoms with Gasteiger partial charge in [0, 0.05) is 70.2 Å². The van der Waals surface area contributed by atoms with Crippen LogP contribution in [0.5, 0.6) is 0 Å². The van der Waals surface area contributed by atoms with Gasteiger partial charge in [0.1, 0.15) is 11.4 Å². The van der Waals surface area contributed by atoms with Crippen LogP contribution >= 0.6 is 0 Å². The number of piperazine rings is 1. The van der Waals surface area contributed by atoms with Crippen molar-refractivity contribution in [2.75, 3.05) is 60.9 Å². The van der Waals surface area contributed by atoms with Crippen LogP contribution in [-0.2, 0) is 32.0 Å². The van der Waals surface area contributed by atoms with Crippen LogP contribution < -0.4 is 25.2 Å². The van der Waals surface area contributed by atoms with Gasteiger partial charge in [-0.15, -0.1) is 0 Å². The highest BCUT2D eigenvalue weighted by Gasteiger charge is 2.40. The third-order valence-corrected chi connectivity index (χ3v) is 13.4. The highest BCUT2D eigenvalue weighted by atomic mass is 32.2. The maximum absolute atomic E-state index is 14.4. The average Bonchev–Trinajstić information content (AvgIpc) is 3.18. The molecule has 0 bridgehead atoms. The molecule has 0 spiro atoms. The van der Waals surface area contributed by atoms with Gasteiger partial charge in [0.15, 0.2) is 0 Å². The number of hydrogen-bond donors (Lipinski definition) is 4. The minimum absolute atomic E-state index is 0.122. The molecule has 60 heavy (non-hydrogen) atoms. The van der Waals surface area contributed by atoms with Crippen molar-refractivity contribution in [2.45, 2.75) is 93.1 Å². The quantitative estimate of drug-likeness (QED) is 0.144. The number of nitrogens with zero attached hydrogens (tertiary/aromatic N) is 5. The first-order chi connectivity index (χ1) is 28.2. The number of amides is 2. The van der Waals surface area contributed by atoms with Crippen molar-refractivity contribution in [2.24, 2.45) is 5.92 Å². The number of aliphatic hydroxyl groups is 1. The Labute approximate surface area is 344 Å². The highest BCUT2D eigenvalue weighted by Crippen LogP contribution is 2.40. The van der Waals surface area contributed by atoms with Gasteiger partial charge in [0.2, 0.25) is 27.8 Å². The minimum Gasteiger partial charge on any atom is -0.388 e. The number of carbonyl (C=O) groups is 2. The second kappa shape index (κ2) is 17.1. The Bertz CT molecular complexity index is 2160. The van der Waals surface area contributed by atoms with Gasteiger partial charge in [-0.3, -0.25) is 19.8 Å². The zero-order valence-corrected chi connectivity index (χ0v) is 33.8. The second-order valence-corrected chi connectivity index (χ2v) is 18.2. The topological polar surface area (TPSA) is 160 Å². The molecule has 326 valence electrons. The van der Waals surface area contributed by atoms with Gasteiger partial charge in [0.05, 0.1) is 27.7 Å². The van der Waals surface area contributed by atoms with Gasteiger partial charge in [0.25, 0.3) is 0 Å². The molecule has 2 amide bonds. The van der Waals surface area contributed by atoms with Crippen LogP contribution in [0.25, 0.3) is 0 Å². The Morgan fingerprint density at radius 3 is 2.20 bits per heavy atom. The monoisotopic (exact) mass is 866 g/mol. The molecule has 13 nitrogen and oxygen atoms in total. The standard InChI is InChI=1S/C40H48F6N8O5S/c1-38(57)15-2-16-54(24-38)35-32(40(44,45)46)22-47-37(50-35)48-33-13-11-29(21-31(33)39(41,42)43)60(58,59)51-27-7-3-25(4-8-27)23-52-17-19-53(20-18-52)28-9-5-26(6-10-28)30-12-14-34(55)49-36(30)56/h5-6,9-11,13,21-22,25,27,30,51,57H,2-4,7-8,12,14-20,23-24H2,1H3,(H,47,48,50)(H,49,55,56)/t25?,27?,30?,38-/m0/s1. The summed E-state index contributed by atoms with van der Waals surface area (Å²) in [5.41, 5.74) is -2.61. The van der Waals surface area contributed by atoms with Crippen molar-refractivity contribution in [3.63, 3.8) is 0 Å². The summed E-state index contributed by atoms with van der Waals surface area (Å²) in [6, 6.07) is 9.77. The fourth-order valence-electron chi connectivity index (χ4n) is 8.66. The molecule has 1 unspecified atom stereocenters. The summed E-state index contributed by atoms with van der Waals surface area (Å²) in [4.78, 5) is 36.6. The van der Waals surface area contributed by atoms with Gasteiger partial charge >= 0.3 is 12.4 Å². The van der Waals surface area contributed by atoms with Crippen molar-refractivity contribution < 1.29 is 49.5 Å². The first-order valence-electron chi connectivity index (χ1n) is 20.1. The van der Waals surface area contributed by atoms with Gasteiger partial charge < -0.3 is 20.2 Å². The molecule has 4 fully saturated rings. The summed E-state index contributed by atoms with van der Waals surface area (Å²) < 4.78 is 114. The molecule has 2 aromatic carbocycles. The number of alkyl halides is 6. The fraction of sp³-hybridized carbons (Fsp3) is 0.550. The summed E-state index contributed by atoms with van der Waals surface area (Å²) in [6.07, 6.45) is -5.47. The Hall–Kier alpha value is -4.53. The van der Waals surface area contributed by atoms with E-state index in [1.54, 1.807) is 0 Å². The van der Waals surface area contributed by atoms with Crippen LogP contribution in [-0.4, -0.2) is 97.7 Å². The number of nitrogens with one attached hydrogen (secondary N) is 3. The first kappa shape index (κ1) is 43.6. The predicted octanol–water partition coefficient (Wildman–Crippen LogP) is 5.79. The van der Waals surface area contributed by atoms with E-state index in [0.717, 1.165) is 68.9 Å². The van der Waals surface area contributed by atoms with E-state index in [-0.39, 0.29) is 30.8 Å². The van der Waals surface area contributed by atoms with Crippen LogP contribution in [0.4, 0.5) is 49.5 Å². The summed E-state index contributed by atoms with van der Waals surface area (Å²) in [5.74, 6) is -1.69. The lowest BCUT2D eigenvalue weighted by Gasteiger charge is -2.39. The SMILES string of the molecule is C[C@]1(O)CCCN(c2nc(Nc3ccc(S(=O)(=O)NC4CCC(CN5CCN(c6ccc(C7CCC(=O)NC7=O)cc6)CC5)CC4)cc3C(F)(F)F)ncc2C(F)(F)F)C1. The summed E-state index contributed by atoms with van der Waals surface area (Å²) in [5, 5.41) is 15.2. The van der Waals surface area contributed by atoms with E-state index in [1.807, 2.05) is 24.3 Å². The van der Waals surface area contributed by atoms with Crippen molar-refractivity contribution in [3.05, 3.63) is 65.4 Å². The molecular formula is C40H48F6N8O5S. The predicted molar refractivity (Wildman–Crippen MR) is 210 cm³/mol. The zero-order chi connectivity index (χ0) is 43.0. The summed E-state index contributed by atoms with van der Waals surface area (Å²) in [6.45, 7) is 5.53. The number of sulfonamides is 1. The number of benzene rings is 2. The molecule has 1 aliphatic carbocycles. The van der Waals surface area contributed by atoms with E-state index in [1.165, 1.54) is 11.8 Å². The van der Waals surface area contributed by atoms with E-state index < -0.39 is 67.5 Å². The lowest BCUT2D eigenvalue weighted by atomic mass is 9.86. The highest BCUT2D eigenvalue weighted by molar-refractivity contribution is 7.89. The number of aromatic nitrogens is 2. The van der Waals surface area contributed by atoms with Crippen LogP contribution in [0.2, 0.25) is 0 Å². The molecule has 4 N–H and O–H groups in total. The molecule has 3 aromatic rings. The third-order valence-electron chi connectivity index (χ3n) is 11.9.